The van der Waals surface area contributed by atoms with Crippen LogP contribution in [0.3, 0.4) is 0 Å². The van der Waals surface area contributed by atoms with Gasteiger partial charge < -0.3 is 39.0 Å². The van der Waals surface area contributed by atoms with E-state index >= 15 is 0 Å². The molecule has 3 fully saturated rings. The fourth-order valence-corrected chi connectivity index (χ4v) is 7.23. The molecular weight excluding hydrogens is 628 g/mol. The van der Waals surface area contributed by atoms with Gasteiger partial charge >= 0.3 is 6.09 Å². The SMILES string of the molecule is COCCCN1C(=O)C(C)(C)Oc2ccc(N(C(=O)[C@@H]3C[C@H](C(=O)NC(C)(C)C4CCOCC4)CN(C(=O)OC(C)(C)C)C3)C3CC3)cc21. The van der Waals surface area contributed by atoms with Crippen molar-refractivity contribution >= 4 is 35.2 Å². The van der Waals surface area contributed by atoms with E-state index in [0.717, 1.165) is 25.7 Å². The smallest absolute Gasteiger partial charge is 0.410 e. The van der Waals surface area contributed by atoms with E-state index in [-0.39, 0.29) is 42.8 Å². The average molecular weight is 685 g/mol. The molecule has 272 valence electrons. The fraction of sp³-hybridized carbons (Fsp3) is 0.730. The van der Waals surface area contributed by atoms with Crippen molar-refractivity contribution in [3.63, 3.8) is 0 Å². The van der Waals surface area contributed by atoms with Gasteiger partial charge in [0.25, 0.3) is 5.91 Å². The molecule has 2 atom stereocenters. The van der Waals surface area contributed by atoms with Crippen LogP contribution in [0, 0.1) is 17.8 Å². The van der Waals surface area contributed by atoms with E-state index < -0.39 is 34.7 Å². The van der Waals surface area contributed by atoms with Gasteiger partial charge in [0, 0.05) is 63.8 Å². The molecule has 0 bridgehead atoms. The number of carbonyl (C=O) groups is 4. The number of rotatable bonds is 10. The highest BCUT2D eigenvalue weighted by atomic mass is 16.6. The largest absolute Gasteiger partial charge is 0.476 e. The standard InChI is InChI=1S/C37H56N4O8/c1-35(2,3)49-34(45)39-22-24(31(42)38-36(4,5)26-14-18-47-19-15-26)20-25(23-39)32(43)41(27-10-11-27)28-12-13-30-29(21-28)40(16-9-17-46-8)33(44)37(6,7)48-30/h12-13,21,24-27H,9-11,14-20,22-23H2,1-8H3,(H,38,42)/t24-,25+/m0/s1. The molecule has 1 saturated carbocycles. The fourth-order valence-electron chi connectivity index (χ4n) is 7.23. The Labute approximate surface area is 291 Å². The van der Waals surface area contributed by atoms with E-state index in [1.165, 1.54) is 4.90 Å². The predicted molar refractivity (Wildman–Crippen MR) is 186 cm³/mol. The molecule has 0 spiro atoms. The highest BCUT2D eigenvalue weighted by Crippen LogP contribution is 2.43. The molecule has 0 unspecified atom stereocenters. The van der Waals surface area contributed by atoms with E-state index in [1.807, 2.05) is 36.9 Å². The molecular formula is C37H56N4O8. The highest BCUT2D eigenvalue weighted by Gasteiger charge is 2.46. The highest BCUT2D eigenvalue weighted by molar-refractivity contribution is 6.04. The first-order valence-electron chi connectivity index (χ1n) is 17.9. The van der Waals surface area contributed by atoms with Crippen molar-refractivity contribution in [2.24, 2.45) is 17.8 Å². The molecule has 3 aliphatic heterocycles. The third-order valence-electron chi connectivity index (χ3n) is 10.0. The van der Waals surface area contributed by atoms with E-state index in [4.69, 9.17) is 18.9 Å². The number of amides is 4. The van der Waals surface area contributed by atoms with Crippen LogP contribution in [0.4, 0.5) is 16.2 Å². The third-order valence-corrected chi connectivity index (χ3v) is 10.0. The number of ether oxygens (including phenoxy) is 4. The number of nitrogens with zero attached hydrogens (tertiary/aromatic N) is 3. The van der Waals surface area contributed by atoms with E-state index in [1.54, 1.807) is 46.6 Å². The zero-order valence-corrected chi connectivity index (χ0v) is 30.6. The van der Waals surface area contributed by atoms with Gasteiger partial charge in [-0.05, 0) is 111 Å². The quantitative estimate of drug-likeness (QED) is 0.345. The van der Waals surface area contributed by atoms with Crippen molar-refractivity contribution in [1.29, 1.82) is 0 Å². The number of methoxy groups -OCH3 is 1. The van der Waals surface area contributed by atoms with Gasteiger partial charge in [-0.3, -0.25) is 14.4 Å². The predicted octanol–water partition coefficient (Wildman–Crippen LogP) is 4.92. The number of carbonyl (C=O) groups excluding carboxylic acids is 4. The molecule has 1 N–H and O–H groups in total. The maximum atomic E-state index is 14.6. The van der Waals surface area contributed by atoms with Gasteiger partial charge in [0.2, 0.25) is 11.8 Å². The van der Waals surface area contributed by atoms with Gasteiger partial charge in [0.15, 0.2) is 5.60 Å². The number of likely N-dealkylation sites (tertiary alicyclic amines) is 1. The minimum Gasteiger partial charge on any atom is -0.476 e. The van der Waals surface area contributed by atoms with Crippen LogP contribution in [-0.4, -0.2) is 98.1 Å². The van der Waals surface area contributed by atoms with Crippen molar-refractivity contribution in [3.05, 3.63) is 18.2 Å². The van der Waals surface area contributed by atoms with E-state index in [0.29, 0.717) is 56.3 Å². The normalized spacial score (nSPS) is 23.0. The lowest BCUT2D eigenvalue weighted by atomic mass is 9.80. The summed E-state index contributed by atoms with van der Waals surface area (Å²) in [5.41, 5.74) is -0.960. The monoisotopic (exact) mass is 684 g/mol. The summed E-state index contributed by atoms with van der Waals surface area (Å²) in [6, 6.07) is 5.54. The first-order chi connectivity index (χ1) is 23.0. The molecule has 3 heterocycles. The summed E-state index contributed by atoms with van der Waals surface area (Å²) in [7, 11) is 1.63. The molecule has 2 saturated heterocycles. The molecule has 1 aromatic carbocycles. The lowest BCUT2D eigenvalue weighted by Gasteiger charge is -2.42. The second kappa shape index (κ2) is 14.5. The number of piperidine rings is 1. The zero-order chi connectivity index (χ0) is 35.7. The maximum absolute atomic E-state index is 14.6. The molecule has 4 aliphatic rings. The van der Waals surface area contributed by atoms with Gasteiger partial charge in [-0.1, -0.05) is 0 Å². The van der Waals surface area contributed by atoms with E-state index in [9.17, 15) is 19.2 Å². The molecule has 4 amide bonds. The summed E-state index contributed by atoms with van der Waals surface area (Å²) in [6.45, 7) is 15.6. The van der Waals surface area contributed by atoms with Gasteiger partial charge in [0.1, 0.15) is 11.4 Å². The Hall–Kier alpha value is -3.38. The van der Waals surface area contributed by atoms with Gasteiger partial charge in [-0.15, -0.1) is 0 Å². The van der Waals surface area contributed by atoms with Crippen LogP contribution >= 0.6 is 0 Å². The van der Waals surface area contributed by atoms with Crippen LogP contribution in [-0.2, 0) is 28.6 Å². The third kappa shape index (κ3) is 8.68. The van der Waals surface area contributed by atoms with Crippen LogP contribution in [0.1, 0.15) is 87.0 Å². The second-order valence-electron chi connectivity index (χ2n) is 16.1. The topological polar surface area (TPSA) is 127 Å². The van der Waals surface area contributed by atoms with E-state index in [2.05, 4.69) is 5.32 Å². The Morgan fingerprint density at radius 3 is 2.33 bits per heavy atom. The molecule has 12 nitrogen and oxygen atoms in total. The molecule has 5 rings (SSSR count). The summed E-state index contributed by atoms with van der Waals surface area (Å²) in [5, 5.41) is 3.27. The van der Waals surface area contributed by atoms with Crippen LogP contribution in [0.2, 0.25) is 0 Å². The molecule has 0 aromatic heterocycles. The number of hydrogen-bond acceptors (Lipinski definition) is 8. The molecule has 49 heavy (non-hydrogen) atoms. The average Bonchev–Trinajstić information content (AvgIpc) is 3.87. The molecule has 12 heteroatoms. The van der Waals surface area contributed by atoms with Gasteiger partial charge in [-0.25, -0.2) is 4.79 Å². The summed E-state index contributed by atoms with van der Waals surface area (Å²) in [5.74, 6) is -0.858. The summed E-state index contributed by atoms with van der Waals surface area (Å²) < 4.78 is 22.7. The van der Waals surface area contributed by atoms with Crippen molar-refractivity contribution in [2.45, 2.75) is 110 Å². The van der Waals surface area contributed by atoms with Crippen molar-refractivity contribution < 1.29 is 38.1 Å². The molecule has 0 radical (unpaired) electrons. The van der Waals surface area contributed by atoms with Crippen molar-refractivity contribution in [3.8, 4) is 5.75 Å². The first-order valence-corrected chi connectivity index (χ1v) is 17.9. The Morgan fingerprint density at radius 1 is 1.02 bits per heavy atom. The van der Waals surface area contributed by atoms with Crippen LogP contribution in [0.5, 0.6) is 5.75 Å². The second-order valence-corrected chi connectivity index (χ2v) is 16.1. The lowest BCUT2D eigenvalue weighted by molar-refractivity contribution is -0.133. The van der Waals surface area contributed by atoms with Crippen LogP contribution < -0.4 is 19.9 Å². The summed E-state index contributed by atoms with van der Waals surface area (Å²) in [6.07, 6.45) is 3.81. The maximum Gasteiger partial charge on any atom is 0.410 e. The number of benzene rings is 1. The first kappa shape index (κ1) is 36.9. The molecule has 1 aliphatic carbocycles. The number of hydrogen-bond donors (Lipinski definition) is 1. The van der Waals surface area contributed by atoms with Crippen LogP contribution in [0.25, 0.3) is 0 Å². The number of fused-ring (bicyclic) bond motifs is 1. The number of anilines is 2. The van der Waals surface area contributed by atoms with Crippen molar-refractivity contribution in [2.75, 3.05) is 56.4 Å². The van der Waals surface area contributed by atoms with Crippen LogP contribution in [0.15, 0.2) is 18.2 Å². The molecule has 1 aromatic rings. The minimum absolute atomic E-state index is 0.0132. The minimum atomic E-state index is -1.03. The van der Waals surface area contributed by atoms with Gasteiger partial charge in [0.05, 0.1) is 17.5 Å². The summed E-state index contributed by atoms with van der Waals surface area (Å²) in [4.78, 5) is 60.6. The summed E-state index contributed by atoms with van der Waals surface area (Å²) >= 11 is 0. The van der Waals surface area contributed by atoms with Gasteiger partial charge in [-0.2, -0.15) is 0 Å². The Kier molecular flexibility index (Phi) is 10.9. The Balaban J connectivity index is 1.42. The van der Waals surface area contributed by atoms with Crippen molar-refractivity contribution in [1.82, 2.24) is 10.2 Å². The Bertz CT molecular complexity index is 1390. The lowest BCUT2D eigenvalue weighted by Crippen LogP contribution is -2.57. The number of nitrogens with one attached hydrogen (secondary N) is 1. The Morgan fingerprint density at radius 2 is 1.69 bits per heavy atom. The zero-order valence-electron chi connectivity index (χ0n) is 30.6.